The molecule has 0 saturated carbocycles. The van der Waals surface area contributed by atoms with Crippen LogP contribution in [0.1, 0.15) is 37.0 Å². The third kappa shape index (κ3) is 2.44. The number of ether oxygens (including phenoxy) is 2. The molecule has 1 heterocycles. The number of aliphatic hydroxyl groups excluding tert-OH is 1. The van der Waals surface area contributed by atoms with Gasteiger partial charge in [0.05, 0.1) is 13.2 Å². The average molecular weight is 246 g/mol. The highest BCUT2D eigenvalue weighted by molar-refractivity contribution is 5.49. The van der Waals surface area contributed by atoms with E-state index >= 15 is 0 Å². The van der Waals surface area contributed by atoms with Crippen molar-refractivity contribution in [3.63, 3.8) is 0 Å². The van der Waals surface area contributed by atoms with Crippen LogP contribution in [0.5, 0.6) is 11.5 Å². The van der Waals surface area contributed by atoms with Crippen LogP contribution in [-0.4, -0.2) is 18.3 Å². The largest absolute Gasteiger partial charge is 0.496 e. The van der Waals surface area contributed by atoms with E-state index in [0.29, 0.717) is 18.6 Å². The Kier molecular flexibility index (Phi) is 3.78. The second-order valence-electron chi connectivity index (χ2n) is 4.59. The summed E-state index contributed by atoms with van der Waals surface area (Å²) in [5, 5.41) is 10.1. The summed E-state index contributed by atoms with van der Waals surface area (Å²) in [4.78, 5) is 0. The molecule has 1 aliphatic heterocycles. The Morgan fingerprint density at radius 1 is 1.61 bits per heavy atom. The highest BCUT2D eigenvalue weighted by Crippen LogP contribution is 2.38. The van der Waals surface area contributed by atoms with E-state index in [4.69, 9.17) is 15.9 Å². The molecule has 2 rings (SSSR count). The number of hydrogen-bond acceptors (Lipinski definition) is 3. The number of methoxy groups -OCH3 is 1. The number of terminal acetylenes is 1. The van der Waals surface area contributed by atoms with Gasteiger partial charge in [-0.15, -0.1) is 12.3 Å². The predicted molar refractivity (Wildman–Crippen MR) is 69.8 cm³/mol. The van der Waals surface area contributed by atoms with Gasteiger partial charge in [0.2, 0.25) is 0 Å². The highest BCUT2D eigenvalue weighted by atomic mass is 16.5. The molecule has 96 valence electrons. The Bertz CT molecular complexity index is 473. The molecular formula is C15H18O3. The standard InChI is InChI=1S/C15H18O3/c1-4-5-6-13(16)12-9-14-11(7-10(2)18-14)8-15(12)17-3/h1,8-10,13,16H,5-7H2,2-3H3. The third-order valence-electron chi connectivity index (χ3n) is 3.17. The van der Waals surface area contributed by atoms with Crippen molar-refractivity contribution in [2.75, 3.05) is 7.11 Å². The number of fused-ring (bicyclic) bond motifs is 1. The monoisotopic (exact) mass is 246 g/mol. The summed E-state index contributed by atoms with van der Waals surface area (Å²) in [7, 11) is 1.61. The Morgan fingerprint density at radius 2 is 2.39 bits per heavy atom. The van der Waals surface area contributed by atoms with Crippen molar-refractivity contribution < 1.29 is 14.6 Å². The summed E-state index contributed by atoms with van der Waals surface area (Å²) in [6.45, 7) is 2.03. The fraction of sp³-hybridized carbons (Fsp3) is 0.467. The molecule has 0 aromatic heterocycles. The van der Waals surface area contributed by atoms with Crippen LogP contribution in [0.25, 0.3) is 0 Å². The van der Waals surface area contributed by atoms with Crippen LogP contribution in [0.15, 0.2) is 12.1 Å². The van der Waals surface area contributed by atoms with E-state index in [1.807, 2.05) is 19.1 Å². The first-order chi connectivity index (χ1) is 8.65. The number of hydrogen-bond donors (Lipinski definition) is 1. The molecule has 2 atom stereocenters. The van der Waals surface area contributed by atoms with Crippen LogP contribution in [-0.2, 0) is 6.42 Å². The second kappa shape index (κ2) is 5.32. The zero-order chi connectivity index (χ0) is 13.1. The maximum Gasteiger partial charge on any atom is 0.125 e. The molecule has 0 fully saturated rings. The fourth-order valence-corrected chi connectivity index (χ4v) is 2.27. The molecule has 18 heavy (non-hydrogen) atoms. The van der Waals surface area contributed by atoms with Crippen LogP contribution in [0.2, 0.25) is 0 Å². The third-order valence-corrected chi connectivity index (χ3v) is 3.17. The summed E-state index contributed by atoms with van der Waals surface area (Å²) >= 11 is 0. The zero-order valence-electron chi connectivity index (χ0n) is 10.8. The van der Waals surface area contributed by atoms with Crippen molar-refractivity contribution >= 4 is 0 Å². The molecule has 0 radical (unpaired) electrons. The summed E-state index contributed by atoms with van der Waals surface area (Å²) < 4.78 is 11.0. The van der Waals surface area contributed by atoms with Crippen LogP contribution in [0.3, 0.4) is 0 Å². The number of benzene rings is 1. The van der Waals surface area contributed by atoms with Crippen molar-refractivity contribution in [2.45, 2.75) is 38.4 Å². The van der Waals surface area contributed by atoms with Crippen molar-refractivity contribution in [3.05, 3.63) is 23.3 Å². The lowest BCUT2D eigenvalue weighted by Gasteiger charge is -2.15. The smallest absolute Gasteiger partial charge is 0.125 e. The first kappa shape index (κ1) is 12.8. The Morgan fingerprint density at radius 3 is 3.06 bits per heavy atom. The van der Waals surface area contributed by atoms with Crippen molar-refractivity contribution in [1.29, 1.82) is 0 Å². The first-order valence-corrected chi connectivity index (χ1v) is 6.14. The molecular weight excluding hydrogens is 228 g/mol. The summed E-state index contributed by atoms with van der Waals surface area (Å²) in [5.74, 6) is 4.08. The van der Waals surface area contributed by atoms with Gasteiger partial charge in [-0.3, -0.25) is 0 Å². The molecule has 0 saturated heterocycles. The number of rotatable bonds is 4. The van der Waals surface area contributed by atoms with E-state index in [2.05, 4.69) is 5.92 Å². The summed E-state index contributed by atoms with van der Waals surface area (Å²) in [6.07, 6.45) is 6.74. The van der Waals surface area contributed by atoms with Gasteiger partial charge in [-0.05, 0) is 25.5 Å². The number of aliphatic hydroxyl groups is 1. The normalized spacial score (nSPS) is 18.7. The van der Waals surface area contributed by atoms with Gasteiger partial charge in [-0.2, -0.15) is 0 Å². The topological polar surface area (TPSA) is 38.7 Å². The first-order valence-electron chi connectivity index (χ1n) is 6.14. The zero-order valence-corrected chi connectivity index (χ0v) is 10.8. The van der Waals surface area contributed by atoms with Crippen LogP contribution < -0.4 is 9.47 Å². The lowest BCUT2D eigenvalue weighted by atomic mass is 10.0. The molecule has 0 spiro atoms. The second-order valence-corrected chi connectivity index (χ2v) is 4.59. The minimum Gasteiger partial charge on any atom is -0.496 e. The molecule has 1 aliphatic rings. The van der Waals surface area contributed by atoms with Crippen LogP contribution in [0, 0.1) is 12.3 Å². The molecule has 3 nitrogen and oxygen atoms in total. The molecule has 0 aliphatic carbocycles. The van der Waals surface area contributed by atoms with Gasteiger partial charge in [-0.1, -0.05) is 0 Å². The van der Waals surface area contributed by atoms with Gasteiger partial charge in [0.1, 0.15) is 17.6 Å². The highest BCUT2D eigenvalue weighted by Gasteiger charge is 2.23. The van der Waals surface area contributed by atoms with Gasteiger partial charge in [-0.25, -0.2) is 0 Å². The maximum atomic E-state index is 10.1. The van der Waals surface area contributed by atoms with Crippen LogP contribution in [0.4, 0.5) is 0 Å². The van der Waals surface area contributed by atoms with E-state index in [0.717, 1.165) is 23.3 Å². The Labute approximate surface area is 108 Å². The van der Waals surface area contributed by atoms with Gasteiger partial charge < -0.3 is 14.6 Å². The van der Waals surface area contributed by atoms with Crippen LogP contribution >= 0.6 is 0 Å². The predicted octanol–water partition coefficient (Wildman–Crippen LogP) is 2.47. The van der Waals surface area contributed by atoms with Crippen molar-refractivity contribution in [3.8, 4) is 23.8 Å². The minimum atomic E-state index is -0.610. The quantitative estimate of drug-likeness (QED) is 0.829. The molecule has 1 aromatic rings. The van der Waals surface area contributed by atoms with E-state index < -0.39 is 6.10 Å². The Hall–Kier alpha value is -1.66. The Balaban J connectivity index is 2.30. The lowest BCUT2D eigenvalue weighted by Crippen LogP contribution is -2.05. The molecule has 1 aromatic carbocycles. The molecule has 1 N–H and O–H groups in total. The van der Waals surface area contributed by atoms with E-state index in [1.54, 1.807) is 7.11 Å². The lowest BCUT2D eigenvalue weighted by molar-refractivity contribution is 0.164. The maximum absolute atomic E-state index is 10.1. The van der Waals surface area contributed by atoms with Gasteiger partial charge in [0, 0.05) is 24.0 Å². The average Bonchev–Trinajstić information content (AvgIpc) is 2.73. The minimum absolute atomic E-state index is 0.183. The summed E-state index contributed by atoms with van der Waals surface area (Å²) in [5.41, 5.74) is 1.88. The molecule has 2 unspecified atom stereocenters. The van der Waals surface area contributed by atoms with E-state index in [1.165, 1.54) is 0 Å². The van der Waals surface area contributed by atoms with Gasteiger partial charge >= 0.3 is 0 Å². The molecule has 0 bridgehead atoms. The van der Waals surface area contributed by atoms with E-state index in [-0.39, 0.29) is 6.10 Å². The summed E-state index contributed by atoms with van der Waals surface area (Å²) in [6, 6.07) is 3.83. The van der Waals surface area contributed by atoms with Crippen molar-refractivity contribution in [1.82, 2.24) is 0 Å². The fourth-order valence-electron chi connectivity index (χ4n) is 2.27. The SMILES string of the molecule is C#CCCC(O)c1cc2c(cc1OC)CC(C)O2. The van der Waals surface area contributed by atoms with E-state index in [9.17, 15) is 5.11 Å². The van der Waals surface area contributed by atoms with Gasteiger partial charge in [0.25, 0.3) is 0 Å². The molecule has 3 heteroatoms. The van der Waals surface area contributed by atoms with Crippen molar-refractivity contribution in [2.24, 2.45) is 0 Å². The van der Waals surface area contributed by atoms with Gasteiger partial charge in [0.15, 0.2) is 0 Å². The molecule has 0 amide bonds.